The minimum absolute atomic E-state index is 0.233. The SMILES string of the molecule is c1ccc(CCN2CCC3(CC2)COCCN3Cc2ccccc2)cc1. The first-order chi connectivity index (χ1) is 12.8. The molecular formula is C23H30N2O. The molecule has 1 spiro atoms. The summed E-state index contributed by atoms with van der Waals surface area (Å²) >= 11 is 0. The van der Waals surface area contributed by atoms with Crippen molar-refractivity contribution in [1.82, 2.24) is 9.80 Å². The number of likely N-dealkylation sites (tertiary alicyclic amines) is 1. The van der Waals surface area contributed by atoms with Crippen molar-refractivity contribution in [2.75, 3.05) is 39.4 Å². The van der Waals surface area contributed by atoms with Crippen LogP contribution >= 0.6 is 0 Å². The zero-order chi connectivity index (χ0) is 17.7. The highest BCUT2D eigenvalue weighted by Gasteiger charge is 2.41. The molecule has 2 aliphatic rings. The monoisotopic (exact) mass is 350 g/mol. The lowest BCUT2D eigenvalue weighted by Crippen LogP contribution is -2.61. The number of hydrogen-bond donors (Lipinski definition) is 0. The molecule has 2 aliphatic heterocycles. The molecule has 0 radical (unpaired) electrons. The zero-order valence-electron chi connectivity index (χ0n) is 15.6. The van der Waals surface area contributed by atoms with Crippen molar-refractivity contribution in [3.05, 3.63) is 71.8 Å². The van der Waals surface area contributed by atoms with E-state index in [1.807, 2.05) is 0 Å². The molecule has 2 aromatic rings. The van der Waals surface area contributed by atoms with Crippen LogP contribution in [-0.2, 0) is 17.7 Å². The molecule has 26 heavy (non-hydrogen) atoms. The Bertz CT molecular complexity index is 665. The summed E-state index contributed by atoms with van der Waals surface area (Å²) in [6.45, 7) is 7.40. The molecule has 2 aromatic carbocycles. The van der Waals surface area contributed by atoms with Gasteiger partial charge in [-0.05, 0) is 43.5 Å². The van der Waals surface area contributed by atoms with Gasteiger partial charge >= 0.3 is 0 Å². The largest absolute Gasteiger partial charge is 0.378 e. The van der Waals surface area contributed by atoms with E-state index < -0.39 is 0 Å². The maximum absolute atomic E-state index is 5.94. The third-order valence-corrected chi connectivity index (χ3v) is 6.11. The summed E-state index contributed by atoms with van der Waals surface area (Å²) in [7, 11) is 0. The smallest absolute Gasteiger partial charge is 0.0652 e. The van der Waals surface area contributed by atoms with Gasteiger partial charge in [0, 0.05) is 25.2 Å². The summed E-state index contributed by atoms with van der Waals surface area (Å²) < 4.78 is 5.94. The topological polar surface area (TPSA) is 15.7 Å². The van der Waals surface area contributed by atoms with Crippen LogP contribution in [-0.4, -0.2) is 54.7 Å². The summed E-state index contributed by atoms with van der Waals surface area (Å²) in [6, 6.07) is 21.7. The lowest BCUT2D eigenvalue weighted by Gasteiger charge is -2.51. The summed E-state index contributed by atoms with van der Waals surface area (Å²) in [5.41, 5.74) is 3.09. The normalized spacial score (nSPS) is 21.1. The minimum Gasteiger partial charge on any atom is -0.378 e. The Hall–Kier alpha value is -1.68. The van der Waals surface area contributed by atoms with Gasteiger partial charge in [-0.2, -0.15) is 0 Å². The van der Waals surface area contributed by atoms with E-state index >= 15 is 0 Å². The van der Waals surface area contributed by atoms with Gasteiger partial charge in [-0.25, -0.2) is 0 Å². The molecule has 0 bridgehead atoms. The van der Waals surface area contributed by atoms with Crippen molar-refractivity contribution in [3.63, 3.8) is 0 Å². The second-order valence-electron chi connectivity index (χ2n) is 7.76. The number of rotatable bonds is 5. The molecule has 2 heterocycles. The fourth-order valence-electron chi connectivity index (χ4n) is 4.40. The second kappa shape index (κ2) is 8.34. The van der Waals surface area contributed by atoms with Gasteiger partial charge in [0.25, 0.3) is 0 Å². The maximum atomic E-state index is 5.94. The summed E-state index contributed by atoms with van der Waals surface area (Å²) in [5, 5.41) is 0. The van der Waals surface area contributed by atoms with Gasteiger partial charge in [0.2, 0.25) is 0 Å². The molecule has 2 fully saturated rings. The summed E-state index contributed by atoms with van der Waals surface area (Å²) in [4.78, 5) is 5.33. The molecule has 0 saturated carbocycles. The van der Waals surface area contributed by atoms with Gasteiger partial charge in [-0.3, -0.25) is 4.90 Å². The molecule has 0 amide bonds. The number of benzene rings is 2. The molecule has 0 N–H and O–H groups in total. The molecule has 0 unspecified atom stereocenters. The molecule has 4 rings (SSSR count). The molecule has 3 nitrogen and oxygen atoms in total. The van der Waals surface area contributed by atoms with Crippen molar-refractivity contribution in [3.8, 4) is 0 Å². The van der Waals surface area contributed by atoms with Gasteiger partial charge in [-0.1, -0.05) is 60.7 Å². The van der Waals surface area contributed by atoms with E-state index in [0.717, 1.165) is 32.7 Å². The van der Waals surface area contributed by atoms with Crippen LogP contribution in [0.1, 0.15) is 24.0 Å². The first kappa shape index (κ1) is 17.7. The lowest BCUT2D eigenvalue weighted by atomic mass is 9.85. The highest BCUT2D eigenvalue weighted by atomic mass is 16.5. The highest BCUT2D eigenvalue weighted by Crippen LogP contribution is 2.33. The predicted octanol–water partition coefficient (Wildman–Crippen LogP) is 3.60. The first-order valence-electron chi connectivity index (χ1n) is 9.97. The van der Waals surface area contributed by atoms with Crippen molar-refractivity contribution < 1.29 is 4.74 Å². The number of hydrogen-bond acceptors (Lipinski definition) is 3. The van der Waals surface area contributed by atoms with Crippen LogP contribution in [0.25, 0.3) is 0 Å². The Kier molecular flexibility index (Phi) is 5.68. The van der Waals surface area contributed by atoms with E-state index in [0.29, 0.717) is 0 Å². The van der Waals surface area contributed by atoms with Crippen molar-refractivity contribution in [2.45, 2.75) is 31.3 Å². The summed E-state index contributed by atoms with van der Waals surface area (Å²) in [6.07, 6.45) is 3.58. The maximum Gasteiger partial charge on any atom is 0.0652 e. The van der Waals surface area contributed by atoms with Gasteiger partial charge in [0.05, 0.1) is 13.2 Å². The third-order valence-electron chi connectivity index (χ3n) is 6.11. The molecule has 3 heteroatoms. The van der Waals surface area contributed by atoms with Crippen LogP contribution in [0.4, 0.5) is 0 Å². The lowest BCUT2D eigenvalue weighted by molar-refractivity contribution is -0.0987. The van der Waals surface area contributed by atoms with Crippen LogP contribution in [0, 0.1) is 0 Å². The quantitative estimate of drug-likeness (QED) is 0.819. The van der Waals surface area contributed by atoms with E-state index in [1.165, 1.54) is 43.6 Å². The van der Waals surface area contributed by atoms with Crippen molar-refractivity contribution >= 4 is 0 Å². The van der Waals surface area contributed by atoms with E-state index in [4.69, 9.17) is 4.74 Å². The van der Waals surface area contributed by atoms with Gasteiger partial charge in [0.1, 0.15) is 0 Å². The zero-order valence-corrected chi connectivity index (χ0v) is 15.6. The van der Waals surface area contributed by atoms with Crippen LogP contribution < -0.4 is 0 Å². The fourth-order valence-corrected chi connectivity index (χ4v) is 4.40. The highest BCUT2D eigenvalue weighted by molar-refractivity contribution is 5.16. The molecule has 0 atom stereocenters. The van der Waals surface area contributed by atoms with E-state index in [1.54, 1.807) is 0 Å². The first-order valence-corrected chi connectivity index (χ1v) is 9.97. The van der Waals surface area contributed by atoms with Crippen molar-refractivity contribution in [2.24, 2.45) is 0 Å². The summed E-state index contributed by atoms with van der Waals surface area (Å²) in [5.74, 6) is 0. The Balaban J connectivity index is 1.34. The standard InChI is InChI=1S/C23H30N2O/c1-3-7-21(8-4-1)11-14-24-15-12-23(13-16-24)20-26-18-17-25(23)19-22-9-5-2-6-10-22/h1-10H,11-20H2. The minimum atomic E-state index is 0.233. The Labute approximate surface area is 157 Å². The Morgan fingerprint density at radius 3 is 2.15 bits per heavy atom. The van der Waals surface area contributed by atoms with Crippen molar-refractivity contribution in [1.29, 1.82) is 0 Å². The fraction of sp³-hybridized carbons (Fsp3) is 0.478. The third kappa shape index (κ3) is 4.17. The molecule has 0 aromatic heterocycles. The number of piperidine rings is 1. The average molecular weight is 351 g/mol. The molecule has 138 valence electrons. The average Bonchev–Trinajstić information content (AvgIpc) is 2.71. The predicted molar refractivity (Wildman–Crippen MR) is 106 cm³/mol. The molecule has 0 aliphatic carbocycles. The van der Waals surface area contributed by atoms with E-state index in [2.05, 4.69) is 70.5 Å². The second-order valence-corrected chi connectivity index (χ2v) is 7.76. The van der Waals surface area contributed by atoms with E-state index in [9.17, 15) is 0 Å². The Morgan fingerprint density at radius 2 is 1.46 bits per heavy atom. The molecular weight excluding hydrogens is 320 g/mol. The number of nitrogens with zero attached hydrogens (tertiary/aromatic N) is 2. The van der Waals surface area contributed by atoms with Gasteiger partial charge in [0.15, 0.2) is 0 Å². The Morgan fingerprint density at radius 1 is 0.808 bits per heavy atom. The van der Waals surface area contributed by atoms with E-state index in [-0.39, 0.29) is 5.54 Å². The van der Waals surface area contributed by atoms with Crippen LogP contribution in [0.3, 0.4) is 0 Å². The van der Waals surface area contributed by atoms with Crippen LogP contribution in [0.15, 0.2) is 60.7 Å². The van der Waals surface area contributed by atoms with Gasteiger partial charge < -0.3 is 9.64 Å². The number of morpholine rings is 1. The van der Waals surface area contributed by atoms with Crippen LogP contribution in [0.5, 0.6) is 0 Å². The van der Waals surface area contributed by atoms with Gasteiger partial charge in [-0.15, -0.1) is 0 Å². The molecule has 2 saturated heterocycles. The number of ether oxygens (including phenoxy) is 1. The van der Waals surface area contributed by atoms with Crippen LogP contribution in [0.2, 0.25) is 0 Å².